The number of alkyl halides is 6. The van der Waals surface area contributed by atoms with Crippen LogP contribution in [0.1, 0.15) is 66.8 Å². The van der Waals surface area contributed by atoms with Crippen molar-refractivity contribution in [2.75, 3.05) is 19.6 Å². The molecule has 1 aliphatic heterocycles. The zero-order chi connectivity index (χ0) is 34.6. The molecule has 0 saturated carbocycles. The lowest BCUT2D eigenvalue weighted by molar-refractivity contribution is -0.143. The number of hydrogen-bond donors (Lipinski definition) is 2. The second-order valence-electron chi connectivity index (χ2n) is 12.0. The fourth-order valence-electron chi connectivity index (χ4n) is 6.32. The van der Waals surface area contributed by atoms with E-state index in [2.05, 4.69) is 10.6 Å². The first-order valence-electron chi connectivity index (χ1n) is 15.0. The van der Waals surface area contributed by atoms with E-state index in [9.17, 15) is 35.9 Å². The molecule has 0 aliphatic carbocycles. The van der Waals surface area contributed by atoms with Crippen molar-refractivity contribution in [3.05, 3.63) is 105 Å². The number of benzene rings is 3. The molecule has 4 rings (SSSR count). The number of likely N-dealkylation sites (tertiary alicyclic amines) is 1. The maximum absolute atomic E-state index is 13.8. The summed E-state index contributed by atoms with van der Waals surface area (Å²) in [4.78, 5) is 26.2. The molecule has 2 atom stereocenters. The highest BCUT2D eigenvalue weighted by Crippen LogP contribution is 2.39. The third-order valence-corrected chi connectivity index (χ3v) is 9.34. The molecule has 2 amide bonds. The number of carbonyl (C=O) groups is 2. The molecule has 5 nitrogen and oxygen atoms in total. The van der Waals surface area contributed by atoms with E-state index in [0.717, 1.165) is 17.7 Å². The molecule has 3 aromatic rings. The second-order valence-corrected chi connectivity index (χ2v) is 12.8. The summed E-state index contributed by atoms with van der Waals surface area (Å²) in [5, 5.41) is 6.45. The Morgan fingerprint density at radius 2 is 1.43 bits per heavy atom. The fraction of sp³-hybridized carbons (Fsp3) is 0.412. The first-order valence-corrected chi connectivity index (χ1v) is 15.8. The van der Waals surface area contributed by atoms with E-state index in [1.54, 1.807) is 18.2 Å². The zero-order valence-electron chi connectivity index (χ0n) is 25.7. The second kappa shape index (κ2) is 14.9. The molecular weight excluding hydrogens is 667 g/mol. The number of halogens is 8. The van der Waals surface area contributed by atoms with Crippen LogP contribution in [-0.4, -0.2) is 42.4 Å². The van der Waals surface area contributed by atoms with Crippen LogP contribution in [0.2, 0.25) is 10.0 Å². The van der Waals surface area contributed by atoms with Crippen molar-refractivity contribution in [2.45, 2.75) is 69.4 Å². The minimum Gasteiger partial charge on any atom is -0.356 e. The van der Waals surface area contributed by atoms with E-state index < -0.39 is 41.0 Å². The van der Waals surface area contributed by atoms with Crippen molar-refractivity contribution in [3.8, 4) is 0 Å². The van der Waals surface area contributed by atoms with E-state index in [1.807, 2.05) is 35.2 Å². The van der Waals surface area contributed by atoms with Crippen LogP contribution in [0.5, 0.6) is 0 Å². The lowest BCUT2D eigenvalue weighted by atomic mass is 9.79. The molecular formula is C34H35Cl2F6N3O2. The minimum absolute atomic E-state index is 0.119. The molecule has 2 unspecified atom stereocenters. The van der Waals surface area contributed by atoms with Gasteiger partial charge in [0, 0.05) is 45.4 Å². The van der Waals surface area contributed by atoms with Gasteiger partial charge in [0.15, 0.2) is 0 Å². The van der Waals surface area contributed by atoms with Gasteiger partial charge in [0.2, 0.25) is 11.8 Å². The Morgan fingerprint density at radius 1 is 0.830 bits per heavy atom. The number of amides is 2. The number of rotatable bonds is 10. The van der Waals surface area contributed by atoms with E-state index in [-0.39, 0.29) is 47.9 Å². The molecule has 0 aromatic heterocycles. The van der Waals surface area contributed by atoms with Crippen LogP contribution in [0, 0.1) is 0 Å². The van der Waals surface area contributed by atoms with Crippen molar-refractivity contribution in [2.24, 2.45) is 0 Å². The molecule has 1 saturated heterocycles. The van der Waals surface area contributed by atoms with Gasteiger partial charge >= 0.3 is 12.4 Å². The van der Waals surface area contributed by atoms with Crippen LogP contribution in [0.4, 0.5) is 26.3 Å². The maximum Gasteiger partial charge on any atom is 0.416 e. The van der Waals surface area contributed by atoms with Gasteiger partial charge in [0.1, 0.15) is 0 Å². The normalized spacial score (nSPS) is 16.7. The van der Waals surface area contributed by atoms with Crippen LogP contribution in [0.25, 0.3) is 0 Å². The summed E-state index contributed by atoms with van der Waals surface area (Å²) in [5.41, 5.74) is -1.98. The highest BCUT2D eigenvalue weighted by Gasteiger charge is 2.40. The van der Waals surface area contributed by atoms with Crippen LogP contribution in [0.15, 0.2) is 66.7 Å². The van der Waals surface area contributed by atoms with Crippen LogP contribution < -0.4 is 10.6 Å². The zero-order valence-corrected chi connectivity index (χ0v) is 27.3. The smallest absolute Gasteiger partial charge is 0.356 e. The number of piperidine rings is 1. The van der Waals surface area contributed by atoms with E-state index in [4.69, 9.17) is 23.2 Å². The average molecular weight is 703 g/mol. The summed E-state index contributed by atoms with van der Waals surface area (Å²) in [6, 6.07) is 15.5. The fourth-order valence-corrected chi connectivity index (χ4v) is 6.63. The van der Waals surface area contributed by atoms with Gasteiger partial charge in [-0.05, 0) is 72.7 Å². The van der Waals surface area contributed by atoms with Crippen molar-refractivity contribution in [1.82, 2.24) is 15.5 Å². The first kappa shape index (κ1) is 36.6. The number of nitrogens with zero attached hydrogens (tertiary/aromatic N) is 1. The van der Waals surface area contributed by atoms with Crippen LogP contribution in [-0.2, 0) is 33.9 Å². The molecule has 0 spiro atoms. The van der Waals surface area contributed by atoms with Crippen molar-refractivity contribution < 1.29 is 35.9 Å². The van der Waals surface area contributed by atoms with Gasteiger partial charge in [-0.1, -0.05) is 59.6 Å². The Bertz CT molecular complexity index is 1530. The molecule has 13 heteroatoms. The maximum atomic E-state index is 13.8. The molecule has 47 heavy (non-hydrogen) atoms. The molecule has 2 N–H and O–H groups in total. The molecule has 254 valence electrons. The molecule has 1 heterocycles. The predicted octanol–water partition coefficient (Wildman–Crippen LogP) is 8.38. The summed E-state index contributed by atoms with van der Waals surface area (Å²) in [5.74, 6) is -0.944. The molecule has 0 radical (unpaired) electrons. The van der Waals surface area contributed by atoms with E-state index >= 15 is 0 Å². The Morgan fingerprint density at radius 3 is 1.94 bits per heavy atom. The first-order chi connectivity index (χ1) is 22.0. The summed E-state index contributed by atoms with van der Waals surface area (Å²) in [6.45, 7) is 3.70. The van der Waals surface area contributed by atoms with Crippen molar-refractivity contribution in [1.29, 1.82) is 0 Å². The number of hydrogen-bond acceptors (Lipinski definition) is 3. The summed E-state index contributed by atoms with van der Waals surface area (Å²) >= 11 is 12.5. The van der Waals surface area contributed by atoms with Gasteiger partial charge in [0.05, 0.1) is 26.7 Å². The SMILES string of the molecule is CC(=O)NCC(CC(Cc1cc(C(F)(F)F)cc(C(F)(F)F)c1)N1CCC(NC(C)=O)(c2ccccc2)CC1)c1ccc(Cl)c(Cl)c1. The summed E-state index contributed by atoms with van der Waals surface area (Å²) in [6.07, 6.45) is -8.95. The Labute approximate surface area is 279 Å². The van der Waals surface area contributed by atoms with E-state index in [1.165, 1.54) is 13.8 Å². The highest BCUT2D eigenvalue weighted by atomic mass is 35.5. The predicted molar refractivity (Wildman–Crippen MR) is 169 cm³/mol. The van der Waals surface area contributed by atoms with Crippen molar-refractivity contribution >= 4 is 35.0 Å². The minimum atomic E-state index is -4.99. The van der Waals surface area contributed by atoms with Gasteiger partial charge < -0.3 is 10.6 Å². The third-order valence-electron chi connectivity index (χ3n) is 8.60. The molecule has 0 bridgehead atoms. The van der Waals surface area contributed by atoms with Crippen molar-refractivity contribution in [3.63, 3.8) is 0 Å². The topological polar surface area (TPSA) is 61.4 Å². The monoisotopic (exact) mass is 701 g/mol. The Hall–Kier alpha value is -3.28. The largest absolute Gasteiger partial charge is 0.416 e. The molecule has 1 fully saturated rings. The summed E-state index contributed by atoms with van der Waals surface area (Å²) < 4.78 is 82.7. The molecule has 3 aromatic carbocycles. The standard InChI is InChI=1S/C34H35Cl2F6N3O2/c1-21(46)43-20-25(24-8-9-30(35)31(36)18-24)17-29(16-23-14-27(33(37,38)39)19-28(15-23)34(40,41)42)45-12-10-32(11-13-45,44-22(2)47)26-6-4-3-5-7-26/h3-9,14-15,18-19,25,29H,10-13,16-17,20H2,1-2H3,(H,43,46)(H,44,47). The van der Waals surface area contributed by atoms with Gasteiger partial charge in [0.25, 0.3) is 0 Å². The van der Waals surface area contributed by atoms with Gasteiger partial charge in [-0.2, -0.15) is 26.3 Å². The van der Waals surface area contributed by atoms with Gasteiger partial charge in [-0.15, -0.1) is 0 Å². The highest BCUT2D eigenvalue weighted by molar-refractivity contribution is 6.42. The average Bonchev–Trinajstić information content (AvgIpc) is 2.99. The summed E-state index contributed by atoms with van der Waals surface area (Å²) in [7, 11) is 0. The van der Waals surface area contributed by atoms with Crippen LogP contribution in [0.3, 0.4) is 0 Å². The quantitative estimate of drug-likeness (QED) is 0.209. The third kappa shape index (κ3) is 9.64. The Balaban J connectivity index is 1.74. The van der Waals surface area contributed by atoms with Gasteiger partial charge in [-0.3, -0.25) is 14.5 Å². The molecule has 1 aliphatic rings. The van der Waals surface area contributed by atoms with E-state index in [0.29, 0.717) is 36.5 Å². The lowest BCUT2D eigenvalue weighted by Crippen LogP contribution is -2.55. The lowest BCUT2D eigenvalue weighted by Gasteiger charge is -2.46. The number of nitrogens with one attached hydrogen (secondary N) is 2. The number of carbonyl (C=O) groups excluding carboxylic acids is 2. The van der Waals surface area contributed by atoms with Crippen LogP contribution >= 0.6 is 23.2 Å². The Kier molecular flexibility index (Phi) is 11.6. The van der Waals surface area contributed by atoms with Gasteiger partial charge in [-0.25, -0.2) is 0 Å².